The summed E-state index contributed by atoms with van der Waals surface area (Å²) < 4.78 is 31.7. The van der Waals surface area contributed by atoms with E-state index in [1.54, 1.807) is 13.8 Å². The minimum atomic E-state index is -5.08. The third-order valence-electron chi connectivity index (χ3n) is 8.30. The molecule has 0 aliphatic rings. The van der Waals surface area contributed by atoms with Crippen LogP contribution in [0.4, 0.5) is 13.2 Å². The molecule has 9 N–H and O–H groups in total. The minimum absolute atomic E-state index is 0.00200. The topological polar surface area (TPSA) is 246 Å². The standard InChI is InChI=1S/C34H64N6O7.C2HF3O2/c1-19(2)11-25(18-37-32(45)23(9)17-36-34(47)27(16-35)21(5)6)33(46)40-28(22(7)8)15-30(42)38-24(10)13-29(41)39-26(12-20(3)4)14-31(43)44;3-2(4,5)1(6)7/h19-28H,11-18,35H2,1-10H3,(H,36,47)(H,37,45)(H,38,42)(H,39,41)(H,40,46)(H,43,44);(H,6,7)/t23-,24-,25-,26-,27+,28+;/m0./s1. The second kappa shape index (κ2) is 26.0. The van der Waals surface area contributed by atoms with E-state index >= 15 is 0 Å². The first-order chi connectivity index (χ1) is 24.7. The molecule has 0 bridgehead atoms. The summed E-state index contributed by atoms with van der Waals surface area (Å²) in [7, 11) is 0. The molecule has 0 heterocycles. The van der Waals surface area contributed by atoms with Crippen molar-refractivity contribution in [1.29, 1.82) is 0 Å². The lowest BCUT2D eigenvalue weighted by Crippen LogP contribution is -2.49. The molecule has 54 heavy (non-hydrogen) atoms. The highest BCUT2D eigenvalue weighted by molar-refractivity contribution is 5.84. The average molecular weight is 783 g/mol. The van der Waals surface area contributed by atoms with E-state index in [-0.39, 0.29) is 98.0 Å². The van der Waals surface area contributed by atoms with Crippen molar-refractivity contribution in [2.45, 2.75) is 126 Å². The zero-order valence-corrected chi connectivity index (χ0v) is 33.4. The monoisotopic (exact) mass is 782 g/mol. The van der Waals surface area contributed by atoms with Crippen molar-refractivity contribution in [2.75, 3.05) is 19.6 Å². The summed E-state index contributed by atoms with van der Waals surface area (Å²) in [6.07, 6.45) is -4.22. The van der Waals surface area contributed by atoms with Gasteiger partial charge in [0.05, 0.1) is 24.2 Å². The molecule has 0 aromatic carbocycles. The zero-order valence-electron chi connectivity index (χ0n) is 33.4. The fraction of sp³-hybridized carbons (Fsp3) is 0.806. The molecule has 0 aliphatic carbocycles. The molecule has 0 fully saturated rings. The summed E-state index contributed by atoms with van der Waals surface area (Å²) >= 11 is 0. The molecule has 0 unspecified atom stereocenters. The van der Waals surface area contributed by atoms with Gasteiger partial charge in [0.2, 0.25) is 29.5 Å². The van der Waals surface area contributed by atoms with Crippen LogP contribution in [0.5, 0.6) is 0 Å². The molecule has 0 spiro atoms. The molecule has 0 saturated carbocycles. The third-order valence-corrected chi connectivity index (χ3v) is 8.30. The Hall–Kier alpha value is -3.96. The number of rotatable bonds is 23. The summed E-state index contributed by atoms with van der Waals surface area (Å²) in [4.78, 5) is 84.2. The molecule has 0 rings (SSSR count). The Morgan fingerprint density at radius 3 is 1.56 bits per heavy atom. The Morgan fingerprint density at radius 1 is 0.630 bits per heavy atom. The van der Waals surface area contributed by atoms with Gasteiger partial charge in [0.15, 0.2) is 0 Å². The molecule has 314 valence electrons. The van der Waals surface area contributed by atoms with Gasteiger partial charge in [-0.25, -0.2) is 4.79 Å². The van der Waals surface area contributed by atoms with Crippen LogP contribution in [0.25, 0.3) is 0 Å². The van der Waals surface area contributed by atoms with Crippen molar-refractivity contribution < 1.29 is 56.9 Å². The SMILES string of the molecule is CC(C)C[C@@H](CC(=O)O)NC(=O)C[C@H](C)NC(=O)C[C@@H](NC(=O)[C@H](CNC(=O)[C@@H](C)CNC(=O)[C@H](CN)C(C)C)CC(C)C)C(C)C.O=C(O)C(F)(F)F. The van der Waals surface area contributed by atoms with Crippen LogP contribution in [0.2, 0.25) is 0 Å². The smallest absolute Gasteiger partial charge is 0.481 e. The van der Waals surface area contributed by atoms with Gasteiger partial charge in [-0.05, 0) is 43.4 Å². The number of nitrogens with two attached hydrogens (primary N) is 1. The highest BCUT2D eigenvalue weighted by Crippen LogP contribution is 2.16. The maximum absolute atomic E-state index is 13.4. The van der Waals surface area contributed by atoms with Gasteiger partial charge in [-0.2, -0.15) is 13.2 Å². The van der Waals surface area contributed by atoms with E-state index in [9.17, 15) is 41.9 Å². The first-order valence-corrected chi connectivity index (χ1v) is 18.4. The number of hydrogen-bond acceptors (Lipinski definition) is 8. The van der Waals surface area contributed by atoms with Gasteiger partial charge >= 0.3 is 18.1 Å². The van der Waals surface area contributed by atoms with E-state index in [0.717, 1.165) is 0 Å². The molecule has 15 nitrogen and oxygen atoms in total. The van der Waals surface area contributed by atoms with Gasteiger partial charge in [-0.3, -0.25) is 28.8 Å². The normalized spacial score (nSPS) is 14.9. The lowest BCUT2D eigenvalue weighted by molar-refractivity contribution is -0.192. The van der Waals surface area contributed by atoms with Crippen molar-refractivity contribution in [3.63, 3.8) is 0 Å². The number of carbonyl (C=O) groups excluding carboxylic acids is 5. The van der Waals surface area contributed by atoms with Crippen molar-refractivity contribution >= 4 is 41.5 Å². The van der Waals surface area contributed by atoms with Crippen LogP contribution in [0.1, 0.15) is 101 Å². The predicted molar refractivity (Wildman–Crippen MR) is 196 cm³/mol. The first-order valence-electron chi connectivity index (χ1n) is 18.4. The molecule has 0 saturated heterocycles. The van der Waals surface area contributed by atoms with Crippen LogP contribution in [0.15, 0.2) is 0 Å². The second-order valence-electron chi connectivity index (χ2n) is 15.3. The maximum atomic E-state index is 13.4. The highest BCUT2D eigenvalue weighted by Gasteiger charge is 2.38. The number of carboxylic acid groups (broad SMARTS) is 2. The van der Waals surface area contributed by atoms with E-state index in [2.05, 4.69) is 26.6 Å². The van der Waals surface area contributed by atoms with Gasteiger partial charge in [0, 0.05) is 50.6 Å². The molecule has 18 heteroatoms. The Bertz CT molecular complexity index is 1210. The van der Waals surface area contributed by atoms with Crippen LogP contribution in [-0.4, -0.2) is 95.6 Å². The van der Waals surface area contributed by atoms with E-state index in [1.165, 1.54) is 0 Å². The number of carboxylic acids is 2. The summed E-state index contributed by atoms with van der Waals surface area (Å²) in [6, 6.07) is -1.47. The first kappa shape index (κ1) is 52.1. The van der Waals surface area contributed by atoms with Crippen molar-refractivity contribution in [2.24, 2.45) is 47.2 Å². The van der Waals surface area contributed by atoms with E-state index in [1.807, 2.05) is 55.4 Å². The largest absolute Gasteiger partial charge is 0.490 e. The number of aliphatic carboxylic acids is 2. The molecule has 5 amide bonds. The highest BCUT2D eigenvalue weighted by atomic mass is 19.4. The van der Waals surface area contributed by atoms with E-state index in [4.69, 9.17) is 20.7 Å². The molecule has 0 aromatic heterocycles. The minimum Gasteiger partial charge on any atom is -0.481 e. The Morgan fingerprint density at radius 2 is 1.13 bits per heavy atom. The molecule has 6 atom stereocenters. The van der Waals surface area contributed by atoms with Crippen LogP contribution in [0.3, 0.4) is 0 Å². The average Bonchev–Trinajstić information content (AvgIpc) is 2.99. The number of alkyl halides is 3. The Labute approximate surface area is 317 Å². The molecule has 0 aromatic rings. The van der Waals surface area contributed by atoms with Crippen LogP contribution in [-0.2, 0) is 33.6 Å². The molecular formula is C36H65F3N6O9. The second-order valence-corrected chi connectivity index (χ2v) is 15.3. The number of nitrogens with one attached hydrogen (secondary N) is 5. The van der Waals surface area contributed by atoms with Gasteiger partial charge in [-0.15, -0.1) is 0 Å². The number of amides is 5. The third kappa shape index (κ3) is 24.4. The van der Waals surface area contributed by atoms with Crippen molar-refractivity contribution in [1.82, 2.24) is 26.6 Å². The molecule has 0 aliphatic heterocycles. The van der Waals surface area contributed by atoms with Crippen LogP contribution < -0.4 is 32.3 Å². The fourth-order valence-electron chi connectivity index (χ4n) is 5.29. The summed E-state index contributed by atoms with van der Waals surface area (Å²) in [5.41, 5.74) is 5.72. The Kier molecular flexibility index (Phi) is 25.1. The number of halogens is 3. The van der Waals surface area contributed by atoms with Crippen LogP contribution >= 0.6 is 0 Å². The summed E-state index contributed by atoms with van der Waals surface area (Å²) in [5, 5.41) is 30.5. The number of hydrogen-bond donors (Lipinski definition) is 8. The lowest BCUT2D eigenvalue weighted by atomic mass is 9.93. The quantitative estimate of drug-likeness (QED) is 0.0753. The molecular weight excluding hydrogens is 717 g/mol. The predicted octanol–water partition coefficient (Wildman–Crippen LogP) is 2.81. The van der Waals surface area contributed by atoms with E-state index < -0.39 is 48.1 Å². The Balaban J connectivity index is 0. The van der Waals surface area contributed by atoms with Crippen LogP contribution in [0, 0.1) is 41.4 Å². The van der Waals surface area contributed by atoms with Gasteiger partial charge in [0.1, 0.15) is 0 Å². The summed E-state index contributed by atoms with van der Waals surface area (Å²) in [5.74, 6) is -6.14. The summed E-state index contributed by atoms with van der Waals surface area (Å²) in [6.45, 7) is 19.4. The van der Waals surface area contributed by atoms with Crippen molar-refractivity contribution in [3.05, 3.63) is 0 Å². The lowest BCUT2D eigenvalue weighted by Gasteiger charge is -2.27. The van der Waals surface area contributed by atoms with Crippen molar-refractivity contribution in [3.8, 4) is 0 Å². The van der Waals surface area contributed by atoms with Gasteiger partial charge in [-0.1, -0.05) is 62.3 Å². The fourth-order valence-corrected chi connectivity index (χ4v) is 5.29. The maximum Gasteiger partial charge on any atom is 0.490 e. The van der Waals surface area contributed by atoms with E-state index in [0.29, 0.717) is 12.8 Å². The number of carbonyl (C=O) groups is 7. The zero-order chi connectivity index (χ0) is 42.5. The molecule has 0 radical (unpaired) electrons. The van der Waals surface area contributed by atoms with Gasteiger partial charge in [0.25, 0.3) is 0 Å². The van der Waals surface area contributed by atoms with Gasteiger partial charge < -0.3 is 42.5 Å².